The molecule has 5 heteroatoms. The number of aryl methyl sites for hydroxylation is 2. The molecule has 1 aromatic carbocycles. The number of nitrogens with two attached hydrogens (primary N) is 1. The Balaban J connectivity index is 1.93. The van der Waals surface area contributed by atoms with Crippen molar-refractivity contribution in [3.8, 4) is 11.6 Å². The van der Waals surface area contributed by atoms with Crippen molar-refractivity contribution in [3.05, 3.63) is 47.7 Å². The predicted octanol–water partition coefficient (Wildman–Crippen LogP) is 3.56. The summed E-state index contributed by atoms with van der Waals surface area (Å²) in [6.07, 6.45) is 2.64. The number of hydrogen-bond donors (Lipinski definition) is 2. The Labute approximate surface area is 136 Å². The van der Waals surface area contributed by atoms with Crippen molar-refractivity contribution in [2.24, 2.45) is 5.73 Å². The average Bonchev–Trinajstić information content (AvgIpc) is 2.51. The molecule has 1 heterocycles. The van der Waals surface area contributed by atoms with E-state index in [1.54, 1.807) is 18.3 Å². The fourth-order valence-electron chi connectivity index (χ4n) is 2.00. The van der Waals surface area contributed by atoms with Gasteiger partial charge in [-0.15, -0.1) is 0 Å². The maximum absolute atomic E-state index is 11.7. The van der Waals surface area contributed by atoms with E-state index in [1.165, 1.54) is 11.1 Å². The third kappa shape index (κ3) is 5.38. The first-order chi connectivity index (χ1) is 10.9. The van der Waals surface area contributed by atoms with E-state index in [9.17, 15) is 4.79 Å². The summed E-state index contributed by atoms with van der Waals surface area (Å²) in [6, 6.07) is 9.42. The molecular weight excluding hydrogens is 290 g/mol. The van der Waals surface area contributed by atoms with Gasteiger partial charge in [0.25, 0.3) is 0 Å². The Morgan fingerprint density at radius 2 is 2.04 bits per heavy atom. The van der Waals surface area contributed by atoms with Crippen LogP contribution in [0, 0.1) is 13.8 Å². The zero-order valence-corrected chi connectivity index (χ0v) is 13.8. The third-order valence-corrected chi connectivity index (χ3v) is 3.55. The fourth-order valence-corrected chi connectivity index (χ4v) is 2.00. The number of hydrogen-bond acceptors (Lipinski definition) is 4. The Morgan fingerprint density at radius 3 is 2.65 bits per heavy atom. The van der Waals surface area contributed by atoms with Gasteiger partial charge in [-0.25, -0.2) is 4.98 Å². The van der Waals surface area contributed by atoms with Crippen molar-refractivity contribution in [1.29, 1.82) is 0 Å². The minimum absolute atomic E-state index is 0.0209. The van der Waals surface area contributed by atoms with Crippen molar-refractivity contribution in [2.75, 3.05) is 5.32 Å². The smallest absolute Gasteiger partial charge is 0.224 e. The molecule has 1 unspecified atom stereocenters. The second-order valence-electron chi connectivity index (χ2n) is 5.80. The summed E-state index contributed by atoms with van der Waals surface area (Å²) in [7, 11) is 0. The molecule has 2 aromatic rings. The number of anilines is 1. The van der Waals surface area contributed by atoms with Gasteiger partial charge in [0, 0.05) is 18.5 Å². The minimum atomic E-state index is -0.0630. The van der Waals surface area contributed by atoms with Gasteiger partial charge < -0.3 is 15.8 Å². The van der Waals surface area contributed by atoms with Crippen LogP contribution in [-0.2, 0) is 4.79 Å². The molecule has 0 saturated carbocycles. The number of benzene rings is 1. The van der Waals surface area contributed by atoms with Crippen LogP contribution in [0.1, 0.15) is 30.9 Å². The number of carbonyl (C=O) groups excluding carboxylic acids is 1. The van der Waals surface area contributed by atoms with Gasteiger partial charge in [0.2, 0.25) is 11.8 Å². The zero-order valence-electron chi connectivity index (χ0n) is 13.8. The van der Waals surface area contributed by atoms with Crippen LogP contribution in [-0.4, -0.2) is 16.9 Å². The summed E-state index contributed by atoms with van der Waals surface area (Å²) < 4.78 is 5.71. The standard InChI is InChI=1S/C18H23N3O2/c1-12-4-7-16(10-13(12)2)23-18-9-6-15(11-20-18)21-17(22)8-5-14(3)19/h4,6-7,9-11,14H,5,8,19H2,1-3H3,(H,21,22). The fraction of sp³-hybridized carbons (Fsp3) is 0.333. The van der Waals surface area contributed by atoms with E-state index in [-0.39, 0.29) is 11.9 Å². The largest absolute Gasteiger partial charge is 0.439 e. The van der Waals surface area contributed by atoms with E-state index in [1.807, 2.05) is 32.0 Å². The number of amides is 1. The van der Waals surface area contributed by atoms with Crippen molar-refractivity contribution in [3.63, 3.8) is 0 Å². The molecule has 1 atom stereocenters. The van der Waals surface area contributed by atoms with Crippen LogP contribution in [0.4, 0.5) is 5.69 Å². The molecule has 0 saturated heterocycles. The van der Waals surface area contributed by atoms with Crippen LogP contribution in [0.25, 0.3) is 0 Å². The monoisotopic (exact) mass is 313 g/mol. The van der Waals surface area contributed by atoms with E-state index >= 15 is 0 Å². The molecule has 0 spiro atoms. The average molecular weight is 313 g/mol. The highest BCUT2D eigenvalue weighted by molar-refractivity contribution is 5.90. The molecule has 23 heavy (non-hydrogen) atoms. The summed E-state index contributed by atoms with van der Waals surface area (Å²) in [6.45, 7) is 5.98. The van der Waals surface area contributed by atoms with E-state index in [0.29, 0.717) is 24.4 Å². The van der Waals surface area contributed by atoms with Gasteiger partial charge in [-0.2, -0.15) is 0 Å². The molecule has 0 bridgehead atoms. The van der Waals surface area contributed by atoms with Crippen molar-refractivity contribution in [2.45, 2.75) is 39.7 Å². The molecular formula is C18H23N3O2. The molecule has 5 nitrogen and oxygen atoms in total. The van der Waals surface area contributed by atoms with Gasteiger partial charge >= 0.3 is 0 Å². The zero-order chi connectivity index (χ0) is 16.8. The lowest BCUT2D eigenvalue weighted by Gasteiger charge is -2.09. The van der Waals surface area contributed by atoms with E-state index in [2.05, 4.69) is 17.2 Å². The SMILES string of the molecule is Cc1ccc(Oc2ccc(NC(=O)CCC(C)N)cn2)cc1C. The van der Waals surface area contributed by atoms with Gasteiger partial charge in [-0.05, 0) is 56.5 Å². The Morgan fingerprint density at radius 1 is 1.26 bits per heavy atom. The lowest BCUT2D eigenvalue weighted by Crippen LogP contribution is -2.19. The Bertz CT molecular complexity index is 666. The number of pyridine rings is 1. The molecule has 1 amide bonds. The van der Waals surface area contributed by atoms with Crippen LogP contribution in [0.2, 0.25) is 0 Å². The van der Waals surface area contributed by atoms with Gasteiger partial charge in [0.15, 0.2) is 0 Å². The van der Waals surface area contributed by atoms with Crippen LogP contribution < -0.4 is 15.8 Å². The molecule has 0 fully saturated rings. The molecule has 3 N–H and O–H groups in total. The number of rotatable bonds is 6. The van der Waals surface area contributed by atoms with Crippen molar-refractivity contribution in [1.82, 2.24) is 4.98 Å². The maximum Gasteiger partial charge on any atom is 0.224 e. The highest BCUT2D eigenvalue weighted by atomic mass is 16.5. The molecule has 2 rings (SSSR count). The highest BCUT2D eigenvalue weighted by Gasteiger charge is 2.06. The number of nitrogens with zero attached hydrogens (tertiary/aromatic N) is 1. The Hall–Kier alpha value is -2.40. The normalized spacial score (nSPS) is 11.8. The van der Waals surface area contributed by atoms with Crippen LogP contribution in [0.3, 0.4) is 0 Å². The van der Waals surface area contributed by atoms with Crippen molar-refractivity contribution < 1.29 is 9.53 Å². The van der Waals surface area contributed by atoms with Gasteiger partial charge in [-0.3, -0.25) is 4.79 Å². The third-order valence-electron chi connectivity index (χ3n) is 3.55. The van der Waals surface area contributed by atoms with Crippen molar-refractivity contribution >= 4 is 11.6 Å². The molecule has 0 aliphatic rings. The highest BCUT2D eigenvalue weighted by Crippen LogP contribution is 2.23. The first kappa shape index (κ1) is 17.0. The number of carbonyl (C=O) groups is 1. The lowest BCUT2D eigenvalue weighted by atomic mass is 10.1. The number of aromatic nitrogens is 1. The Kier molecular flexibility index (Phi) is 5.71. The number of ether oxygens (including phenoxy) is 1. The van der Waals surface area contributed by atoms with Crippen LogP contribution in [0.15, 0.2) is 36.5 Å². The van der Waals surface area contributed by atoms with E-state index < -0.39 is 0 Å². The quantitative estimate of drug-likeness (QED) is 0.855. The molecule has 1 aromatic heterocycles. The summed E-state index contributed by atoms with van der Waals surface area (Å²) in [4.78, 5) is 15.9. The van der Waals surface area contributed by atoms with Crippen LogP contribution in [0.5, 0.6) is 11.6 Å². The molecule has 122 valence electrons. The maximum atomic E-state index is 11.7. The molecule has 0 radical (unpaired) electrons. The van der Waals surface area contributed by atoms with E-state index in [0.717, 1.165) is 5.75 Å². The summed E-state index contributed by atoms with van der Waals surface area (Å²) in [5.74, 6) is 1.17. The number of nitrogens with one attached hydrogen (secondary N) is 1. The summed E-state index contributed by atoms with van der Waals surface area (Å²) in [5, 5.41) is 2.79. The summed E-state index contributed by atoms with van der Waals surface area (Å²) >= 11 is 0. The van der Waals surface area contributed by atoms with Gasteiger partial charge in [0.05, 0.1) is 11.9 Å². The predicted molar refractivity (Wildman–Crippen MR) is 91.7 cm³/mol. The molecule has 0 aliphatic heterocycles. The second kappa shape index (κ2) is 7.74. The second-order valence-corrected chi connectivity index (χ2v) is 5.80. The van der Waals surface area contributed by atoms with Gasteiger partial charge in [-0.1, -0.05) is 6.07 Å². The topological polar surface area (TPSA) is 77.2 Å². The van der Waals surface area contributed by atoms with Crippen LogP contribution >= 0.6 is 0 Å². The first-order valence-electron chi connectivity index (χ1n) is 7.70. The van der Waals surface area contributed by atoms with E-state index in [4.69, 9.17) is 10.5 Å². The minimum Gasteiger partial charge on any atom is -0.439 e. The first-order valence-corrected chi connectivity index (χ1v) is 7.70. The lowest BCUT2D eigenvalue weighted by molar-refractivity contribution is -0.116. The van der Waals surface area contributed by atoms with Gasteiger partial charge in [0.1, 0.15) is 5.75 Å². The molecule has 0 aliphatic carbocycles. The summed E-state index contributed by atoms with van der Waals surface area (Å²) in [5.41, 5.74) is 8.67.